The SMILES string of the molecule is CC1CN(c2nnc(-c3cccs3)c3ccccc23)CC(C)O1. The summed E-state index contributed by atoms with van der Waals surface area (Å²) in [6.07, 6.45) is 0.410. The third kappa shape index (κ3) is 2.71. The van der Waals surface area contributed by atoms with Gasteiger partial charge in [-0.3, -0.25) is 0 Å². The predicted molar refractivity (Wildman–Crippen MR) is 95.1 cm³/mol. The number of anilines is 1. The van der Waals surface area contributed by atoms with E-state index in [4.69, 9.17) is 4.74 Å². The summed E-state index contributed by atoms with van der Waals surface area (Å²) < 4.78 is 5.84. The van der Waals surface area contributed by atoms with Crippen LogP contribution in [0.1, 0.15) is 13.8 Å². The van der Waals surface area contributed by atoms with Gasteiger partial charge in [-0.25, -0.2) is 0 Å². The number of hydrogen-bond donors (Lipinski definition) is 0. The van der Waals surface area contributed by atoms with Gasteiger partial charge in [0.05, 0.1) is 17.1 Å². The molecule has 2 aromatic heterocycles. The van der Waals surface area contributed by atoms with Gasteiger partial charge in [0.1, 0.15) is 5.69 Å². The summed E-state index contributed by atoms with van der Waals surface area (Å²) in [5, 5.41) is 13.5. The van der Waals surface area contributed by atoms with Gasteiger partial charge >= 0.3 is 0 Å². The van der Waals surface area contributed by atoms with Crippen molar-refractivity contribution in [2.45, 2.75) is 26.1 Å². The largest absolute Gasteiger partial charge is 0.372 e. The fourth-order valence-corrected chi connectivity index (χ4v) is 3.99. The number of benzene rings is 1. The van der Waals surface area contributed by atoms with Gasteiger partial charge in [0.25, 0.3) is 0 Å². The molecule has 1 fully saturated rings. The van der Waals surface area contributed by atoms with Crippen LogP contribution in [0.25, 0.3) is 21.3 Å². The maximum absolute atomic E-state index is 5.84. The van der Waals surface area contributed by atoms with Gasteiger partial charge < -0.3 is 9.64 Å². The molecule has 1 aromatic carbocycles. The third-order valence-electron chi connectivity index (χ3n) is 4.14. The van der Waals surface area contributed by atoms with Crippen LogP contribution >= 0.6 is 11.3 Å². The number of ether oxygens (including phenoxy) is 1. The number of rotatable bonds is 2. The molecule has 23 heavy (non-hydrogen) atoms. The van der Waals surface area contributed by atoms with Gasteiger partial charge in [-0.1, -0.05) is 30.3 Å². The highest BCUT2D eigenvalue weighted by Gasteiger charge is 2.25. The molecule has 3 heterocycles. The monoisotopic (exact) mass is 325 g/mol. The van der Waals surface area contributed by atoms with Crippen LogP contribution in [0.15, 0.2) is 41.8 Å². The zero-order chi connectivity index (χ0) is 15.8. The van der Waals surface area contributed by atoms with Gasteiger partial charge in [-0.2, -0.15) is 0 Å². The lowest BCUT2D eigenvalue weighted by Crippen LogP contribution is -2.46. The van der Waals surface area contributed by atoms with Crippen LogP contribution in [0.5, 0.6) is 0 Å². The Morgan fingerprint density at radius 1 is 1.00 bits per heavy atom. The number of fused-ring (bicyclic) bond motifs is 1. The molecule has 1 saturated heterocycles. The van der Waals surface area contributed by atoms with Crippen molar-refractivity contribution in [3.8, 4) is 10.6 Å². The molecular formula is C18H19N3OS. The summed E-state index contributed by atoms with van der Waals surface area (Å²) in [6.45, 7) is 5.92. The van der Waals surface area contributed by atoms with Crippen LogP contribution in [-0.2, 0) is 4.74 Å². The van der Waals surface area contributed by atoms with Crippen LogP contribution in [0.2, 0.25) is 0 Å². The summed E-state index contributed by atoms with van der Waals surface area (Å²) in [4.78, 5) is 3.45. The quantitative estimate of drug-likeness (QED) is 0.714. The van der Waals surface area contributed by atoms with Crippen LogP contribution in [0.3, 0.4) is 0 Å². The van der Waals surface area contributed by atoms with Crippen molar-refractivity contribution in [1.82, 2.24) is 10.2 Å². The lowest BCUT2D eigenvalue weighted by Gasteiger charge is -2.36. The van der Waals surface area contributed by atoms with E-state index >= 15 is 0 Å². The lowest BCUT2D eigenvalue weighted by molar-refractivity contribution is -0.00540. The van der Waals surface area contributed by atoms with Crippen molar-refractivity contribution in [3.63, 3.8) is 0 Å². The standard InChI is InChI=1S/C18H19N3OS/c1-12-10-21(11-13(2)22-12)18-15-7-4-3-6-14(15)17(19-20-18)16-8-5-9-23-16/h3-9,12-13H,10-11H2,1-2H3. The summed E-state index contributed by atoms with van der Waals surface area (Å²) in [5.41, 5.74) is 0.966. The minimum absolute atomic E-state index is 0.205. The smallest absolute Gasteiger partial charge is 0.159 e. The lowest BCUT2D eigenvalue weighted by atomic mass is 10.1. The molecule has 0 radical (unpaired) electrons. The van der Waals surface area contributed by atoms with E-state index in [0.29, 0.717) is 0 Å². The van der Waals surface area contributed by atoms with Crippen LogP contribution in [0.4, 0.5) is 5.82 Å². The molecule has 1 aliphatic rings. The molecule has 4 nitrogen and oxygen atoms in total. The van der Waals surface area contributed by atoms with Crippen LogP contribution in [-0.4, -0.2) is 35.5 Å². The van der Waals surface area contributed by atoms with Crippen LogP contribution < -0.4 is 4.90 Å². The Kier molecular flexibility index (Phi) is 3.75. The van der Waals surface area contributed by atoms with Crippen LogP contribution in [0, 0.1) is 0 Å². The minimum Gasteiger partial charge on any atom is -0.372 e. The Labute approximate surface area is 139 Å². The van der Waals surface area contributed by atoms with Gasteiger partial charge in [0.2, 0.25) is 0 Å². The van der Waals surface area contributed by atoms with E-state index < -0.39 is 0 Å². The molecule has 3 aromatic rings. The van der Waals surface area contributed by atoms with Crippen molar-refractivity contribution >= 4 is 27.9 Å². The Morgan fingerprint density at radius 2 is 1.74 bits per heavy atom. The number of morpholine rings is 1. The van der Waals surface area contributed by atoms with Gasteiger partial charge in [-0.15, -0.1) is 21.5 Å². The number of nitrogens with zero attached hydrogens (tertiary/aromatic N) is 3. The summed E-state index contributed by atoms with van der Waals surface area (Å²) in [6, 6.07) is 12.6. The first-order valence-corrected chi connectivity index (χ1v) is 8.80. The van der Waals surface area contributed by atoms with E-state index in [1.54, 1.807) is 11.3 Å². The van der Waals surface area contributed by atoms with E-state index in [0.717, 1.165) is 40.3 Å². The highest BCUT2D eigenvalue weighted by Crippen LogP contribution is 2.34. The first-order valence-electron chi connectivity index (χ1n) is 7.92. The van der Waals surface area contributed by atoms with E-state index in [9.17, 15) is 0 Å². The summed E-state index contributed by atoms with van der Waals surface area (Å²) in [5.74, 6) is 0.961. The van der Waals surface area contributed by atoms with Crippen molar-refractivity contribution in [3.05, 3.63) is 41.8 Å². The zero-order valence-electron chi connectivity index (χ0n) is 13.3. The maximum Gasteiger partial charge on any atom is 0.159 e. The Morgan fingerprint density at radius 3 is 2.43 bits per heavy atom. The Balaban J connectivity index is 1.84. The molecular weight excluding hydrogens is 306 g/mol. The first kappa shape index (κ1) is 14.6. The number of hydrogen-bond acceptors (Lipinski definition) is 5. The third-order valence-corrected chi connectivity index (χ3v) is 5.02. The second-order valence-electron chi connectivity index (χ2n) is 6.06. The Hall–Kier alpha value is -1.98. The summed E-state index contributed by atoms with van der Waals surface area (Å²) >= 11 is 1.70. The second kappa shape index (κ2) is 5.91. The van der Waals surface area contributed by atoms with Crippen molar-refractivity contribution in [1.29, 1.82) is 0 Å². The van der Waals surface area contributed by atoms with Crippen molar-refractivity contribution in [2.24, 2.45) is 0 Å². The number of aromatic nitrogens is 2. The molecule has 2 unspecified atom stereocenters. The molecule has 0 amide bonds. The molecule has 118 valence electrons. The normalized spacial score (nSPS) is 21.7. The molecule has 0 spiro atoms. The molecule has 1 aliphatic heterocycles. The zero-order valence-corrected chi connectivity index (χ0v) is 14.1. The molecule has 2 atom stereocenters. The van der Waals surface area contributed by atoms with Gasteiger partial charge in [0, 0.05) is 23.9 Å². The molecule has 4 rings (SSSR count). The highest BCUT2D eigenvalue weighted by molar-refractivity contribution is 7.13. The molecule has 0 bridgehead atoms. The highest BCUT2D eigenvalue weighted by atomic mass is 32.1. The molecule has 0 aliphatic carbocycles. The van der Waals surface area contributed by atoms with E-state index in [2.05, 4.69) is 70.7 Å². The molecule has 0 saturated carbocycles. The molecule has 0 N–H and O–H groups in total. The Bertz CT molecular complexity index is 808. The van der Waals surface area contributed by atoms with Gasteiger partial charge in [0.15, 0.2) is 5.82 Å². The van der Waals surface area contributed by atoms with Crippen molar-refractivity contribution in [2.75, 3.05) is 18.0 Å². The predicted octanol–water partition coefficient (Wildman–Crippen LogP) is 3.97. The minimum atomic E-state index is 0.205. The van der Waals surface area contributed by atoms with E-state index in [1.165, 1.54) is 0 Å². The fourth-order valence-electron chi connectivity index (χ4n) is 3.27. The van der Waals surface area contributed by atoms with Crippen molar-refractivity contribution < 1.29 is 4.74 Å². The average molecular weight is 325 g/mol. The topological polar surface area (TPSA) is 38.2 Å². The van der Waals surface area contributed by atoms with E-state index in [1.807, 2.05) is 0 Å². The fraction of sp³-hybridized carbons (Fsp3) is 0.333. The first-order chi connectivity index (χ1) is 11.2. The maximum atomic E-state index is 5.84. The molecule has 5 heteroatoms. The second-order valence-corrected chi connectivity index (χ2v) is 7.01. The number of thiophene rings is 1. The average Bonchev–Trinajstić information content (AvgIpc) is 3.07. The van der Waals surface area contributed by atoms with E-state index in [-0.39, 0.29) is 12.2 Å². The van der Waals surface area contributed by atoms with Gasteiger partial charge in [-0.05, 0) is 25.3 Å². The summed E-state index contributed by atoms with van der Waals surface area (Å²) in [7, 11) is 0.